The van der Waals surface area contributed by atoms with Crippen LogP contribution in [0.3, 0.4) is 0 Å². The maximum Gasteiger partial charge on any atom is 0.338 e. The zero-order valence-corrected chi connectivity index (χ0v) is 24.7. The number of thioether (sulfide) groups is 1. The van der Waals surface area contributed by atoms with E-state index >= 15 is 0 Å². The summed E-state index contributed by atoms with van der Waals surface area (Å²) < 4.78 is 5.64. The van der Waals surface area contributed by atoms with E-state index in [0.29, 0.717) is 23.8 Å². The fourth-order valence-electron chi connectivity index (χ4n) is 4.91. The van der Waals surface area contributed by atoms with Gasteiger partial charge in [0, 0.05) is 12.7 Å². The maximum absolute atomic E-state index is 12.9. The van der Waals surface area contributed by atoms with Crippen LogP contribution < -0.4 is 0 Å². The zero-order valence-electron chi connectivity index (χ0n) is 23.8. The molecule has 1 atom stereocenters. The van der Waals surface area contributed by atoms with Crippen molar-refractivity contribution in [1.29, 1.82) is 0 Å². The Kier molecular flexibility index (Phi) is 12.7. The van der Waals surface area contributed by atoms with Crippen molar-refractivity contribution in [3.05, 3.63) is 53.3 Å². The van der Waals surface area contributed by atoms with Crippen molar-refractivity contribution in [2.45, 2.75) is 97.3 Å². The minimum absolute atomic E-state index is 0.0687. The van der Waals surface area contributed by atoms with Gasteiger partial charge in [-0.25, -0.2) is 4.79 Å². The number of aromatic nitrogens is 1. The number of hydrogen-bond donors (Lipinski definition) is 0. The van der Waals surface area contributed by atoms with Crippen LogP contribution >= 0.6 is 11.8 Å². The van der Waals surface area contributed by atoms with Crippen molar-refractivity contribution >= 4 is 23.6 Å². The second kappa shape index (κ2) is 15.9. The third kappa shape index (κ3) is 9.14. The van der Waals surface area contributed by atoms with Crippen LogP contribution in [0.4, 0.5) is 0 Å². The van der Waals surface area contributed by atoms with Gasteiger partial charge in [-0.1, -0.05) is 90.7 Å². The normalized spacial score (nSPS) is 15.4. The summed E-state index contributed by atoms with van der Waals surface area (Å²) in [5.74, 6) is 0.802. The van der Waals surface area contributed by atoms with Crippen LogP contribution in [0, 0.1) is 12.8 Å². The molecule has 0 bridgehead atoms. The van der Waals surface area contributed by atoms with E-state index in [1.165, 1.54) is 51.4 Å². The summed E-state index contributed by atoms with van der Waals surface area (Å²) in [6.07, 6.45) is 14.4. The van der Waals surface area contributed by atoms with Gasteiger partial charge in [0.1, 0.15) is 5.37 Å². The average molecular weight is 539 g/mol. The van der Waals surface area contributed by atoms with Crippen LogP contribution in [-0.4, -0.2) is 40.7 Å². The highest BCUT2D eigenvalue weighted by Gasteiger charge is 2.34. The van der Waals surface area contributed by atoms with Gasteiger partial charge >= 0.3 is 5.97 Å². The summed E-state index contributed by atoms with van der Waals surface area (Å²) in [6, 6.07) is 9.94. The molecule has 38 heavy (non-hydrogen) atoms. The van der Waals surface area contributed by atoms with Crippen molar-refractivity contribution < 1.29 is 14.3 Å². The third-order valence-electron chi connectivity index (χ3n) is 7.09. The molecule has 3 rings (SSSR count). The Hall–Kier alpha value is -2.34. The Balaban J connectivity index is 1.53. The molecule has 0 spiro atoms. The number of esters is 1. The molecular weight excluding hydrogens is 492 g/mol. The molecule has 1 amide bonds. The largest absolute Gasteiger partial charge is 0.462 e. The molecule has 0 saturated carbocycles. The molecule has 1 aromatic heterocycles. The van der Waals surface area contributed by atoms with E-state index in [0.717, 1.165) is 41.8 Å². The van der Waals surface area contributed by atoms with Gasteiger partial charge < -0.3 is 9.64 Å². The first-order valence-corrected chi connectivity index (χ1v) is 15.6. The first-order valence-electron chi connectivity index (χ1n) is 14.6. The Morgan fingerprint density at radius 2 is 1.66 bits per heavy atom. The van der Waals surface area contributed by atoms with Crippen LogP contribution in [0.15, 0.2) is 36.5 Å². The summed E-state index contributed by atoms with van der Waals surface area (Å²) >= 11 is 1.63. The standard InChI is InChI=1S/C32H46N2O3S/c1-5-6-7-8-9-10-11-12-13-14-19-37-32(36)28-20-26(16-15-25(28)4)27-17-18-33-29(21-27)31-34(22-24(2)3)30(35)23-38-31/h15-18,20-21,24,31H,5-14,19,22-23H2,1-4H3. The van der Waals surface area contributed by atoms with Crippen LogP contribution in [0.2, 0.25) is 0 Å². The van der Waals surface area contributed by atoms with Crippen molar-refractivity contribution in [3.8, 4) is 11.1 Å². The number of benzene rings is 1. The minimum atomic E-state index is -0.255. The second-order valence-corrected chi connectivity index (χ2v) is 12.0. The number of aryl methyl sites for hydroxylation is 1. The first-order chi connectivity index (χ1) is 18.4. The summed E-state index contributed by atoms with van der Waals surface area (Å²) in [5, 5.41) is -0.0687. The highest BCUT2D eigenvalue weighted by atomic mass is 32.2. The molecular formula is C32H46N2O3S. The van der Waals surface area contributed by atoms with Gasteiger partial charge in [0.25, 0.3) is 0 Å². The Morgan fingerprint density at radius 3 is 2.34 bits per heavy atom. The smallest absolute Gasteiger partial charge is 0.338 e. The third-order valence-corrected chi connectivity index (χ3v) is 8.31. The molecule has 6 heteroatoms. The molecule has 0 N–H and O–H groups in total. The summed E-state index contributed by atoms with van der Waals surface area (Å²) in [6.45, 7) is 9.65. The minimum Gasteiger partial charge on any atom is -0.462 e. The predicted octanol–water partition coefficient (Wildman–Crippen LogP) is 8.36. The monoisotopic (exact) mass is 538 g/mol. The van der Waals surface area contributed by atoms with Crippen molar-refractivity contribution in [2.75, 3.05) is 18.9 Å². The molecule has 1 saturated heterocycles. The first kappa shape index (κ1) is 30.2. The van der Waals surface area contributed by atoms with Gasteiger partial charge in [0.2, 0.25) is 5.91 Å². The lowest BCUT2D eigenvalue weighted by molar-refractivity contribution is -0.128. The average Bonchev–Trinajstić information content (AvgIpc) is 3.26. The van der Waals surface area contributed by atoms with Crippen LogP contribution in [0.25, 0.3) is 11.1 Å². The quantitative estimate of drug-likeness (QED) is 0.159. The number of pyridine rings is 1. The number of nitrogens with zero attached hydrogens (tertiary/aromatic N) is 2. The molecule has 0 aliphatic carbocycles. The molecule has 1 aliphatic rings. The number of ether oxygens (including phenoxy) is 1. The van der Waals surface area contributed by atoms with E-state index < -0.39 is 0 Å². The number of carbonyl (C=O) groups excluding carboxylic acids is 2. The lowest BCUT2D eigenvalue weighted by Crippen LogP contribution is -2.32. The number of carbonyl (C=O) groups is 2. The van der Waals surface area contributed by atoms with Gasteiger partial charge in [0.15, 0.2) is 0 Å². The molecule has 1 aromatic carbocycles. The fourth-order valence-corrected chi connectivity index (χ4v) is 6.06. The molecule has 2 aromatic rings. The van der Waals surface area contributed by atoms with Crippen molar-refractivity contribution in [3.63, 3.8) is 0 Å². The summed E-state index contributed by atoms with van der Waals surface area (Å²) in [5.41, 5.74) is 4.35. The fraction of sp³-hybridized carbons (Fsp3) is 0.594. The Morgan fingerprint density at radius 1 is 1.00 bits per heavy atom. The van der Waals surface area contributed by atoms with Gasteiger partial charge in [-0.15, -0.1) is 11.8 Å². The zero-order chi connectivity index (χ0) is 27.3. The predicted molar refractivity (Wildman–Crippen MR) is 158 cm³/mol. The lowest BCUT2D eigenvalue weighted by atomic mass is 9.99. The van der Waals surface area contributed by atoms with E-state index in [-0.39, 0.29) is 17.3 Å². The Labute approximate surface area is 234 Å². The van der Waals surface area contributed by atoms with E-state index in [2.05, 4.69) is 25.8 Å². The SMILES string of the molecule is CCCCCCCCCCCCOC(=O)c1cc(-c2ccnc(C3SCC(=O)N3CC(C)C)c2)ccc1C. The number of hydrogen-bond acceptors (Lipinski definition) is 5. The molecule has 2 heterocycles. The lowest BCUT2D eigenvalue weighted by Gasteiger charge is -2.25. The van der Waals surface area contributed by atoms with Crippen LogP contribution in [-0.2, 0) is 9.53 Å². The van der Waals surface area contributed by atoms with Gasteiger partial charge in [-0.2, -0.15) is 0 Å². The van der Waals surface area contributed by atoms with Gasteiger partial charge in [0.05, 0.1) is 23.6 Å². The van der Waals surface area contributed by atoms with E-state index in [1.54, 1.807) is 18.0 Å². The van der Waals surface area contributed by atoms with Gasteiger partial charge in [-0.3, -0.25) is 9.78 Å². The molecule has 1 unspecified atom stereocenters. The molecule has 5 nitrogen and oxygen atoms in total. The number of unbranched alkanes of at least 4 members (excludes halogenated alkanes) is 9. The summed E-state index contributed by atoms with van der Waals surface area (Å²) in [4.78, 5) is 31.9. The molecule has 208 valence electrons. The van der Waals surface area contributed by atoms with Crippen molar-refractivity contribution in [2.24, 2.45) is 5.92 Å². The number of rotatable bonds is 16. The molecule has 1 aliphatic heterocycles. The Bertz CT molecular complexity index is 1040. The second-order valence-electron chi connectivity index (χ2n) is 10.9. The van der Waals surface area contributed by atoms with Crippen molar-refractivity contribution in [1.82, 2.24) is 9.88 Å². The van der Waals surface area contributed by atoms with Crippen LogP contribution in [0.5, 0.6) is 0 Å². The maximum atomic E-state index is 12.9. The molecule has 0 radical (unpaired) electrons. The van der Waals surface area contributed by atoms with Crippen LogP contribution in [0.1, 0.15) is 112 Å². The summed E-state index contributed by atoms with van der Waals surface area (Å²) in [7, 11) is 0. The highest BCUT2D eigenvalue weighted by molar-refractivity contribution is 8.00. The van der Waals surface area contributed by atoms with E-state index in [4.69, 9.17) is 4.74 Å². The van der Waals surface area contributed by atoms with Gasteiger partial charge in [-0.05, 0) is 54.2 Å². The number of amides is 1. The highest BCUT2D eigenvalue weighted by Crippen LogP contribution is 2.39. The van der Waals surface area contributed by atoms with E-state index in [9.17, 15) is 9.59 Å². The molecule has 1 fully saturated rings. The topological polar surface area (TPSA) is 59.5 Å². The van der Waals surface area contributed by atoms with E-state index in [1.807, 2.05) is 42.2 Å².